The SMILES string of the molecule is COC(=O)N(C)c1ccc(NC(=O)CNC(=O)NCc2ccc(F)cc2)cc1. The Morgan fingerprint density at radius 3 is 2.25 bits per heavy atom. The summed E-state index contributed by atoms with van der Waals surface area (Å²) in [6, 6.07) is 11.8. The van der Waals surface area contributed by atoms with Crippen molar-refractivity contribution in [3.63, 3.8) is 0 Å². The summed E-state index contributed by atoms with van der Waals surface area (Å²) in [6.07, 6.45) is -0.507. The topological polar surface area (TPSA) is 99.8 Å². The van der Waals surface area contributed by atoms with E-state index in [9.17, 15) is 18.8 Å². The van der Waals surface area contributed by atoms with E-state index in [0.717, 1.165) is 5.56 Å². The van der Waals surface area contributed by atoms with Gasteiger partial charge in [-0.25, -0.2) is 14.0 Å². The van der Waals surface area contributed by atoms with E-state index in [1.54, 1.807) is 43.4 Å². The number of methoxy groups -OCH3 is 1. The van der Waals surface area contributed by atoms with Crippen LogP contribution in [0.25, 0.3) is 0 Å². The zero-order valence-electron chi connectivity index (χ0n) is 15.5. The predicted molar refractivity (Wildman–Crippen MR) is 103 cm³/mol. The summed E-state index contributed by atoms with van der Waals surface area (Å²) in [5.41, 5.74) is 1.85. The van der Waals surface area contributed by atoms with Crippen LogP contribution in [0.4, 0.5) is 25.4 Å². The fourth-order valence-electron chi connectivity index (χ4n) is 2.22. The van der Waals surface area contributed by atoms with Gasteiger partial charge in [-0.15, -0.1) is 0 Å². The highest BCUT2D eigenvalue weighted by Gasteiger charge is 2.11. The van der Waals surface area contributed by atoms with Crippen LogP contribution < -0.4 is 20.9 Å². The van der Waals surface area contributed by atoms with E-state index in [1.165, 1.54) is 24.1 Å². The van der Waals surface area contributed by atoms with Crippen molar-refractivity contribution in [3.8, 4) is 0 Å². The van der Waals surface area contributed by atoms with Gasteiger partial charge in [-0.05, 0) is 42.0 Å². The molecule has 148 valence electrons. The van der Waals surface area contributed by atoms with Gasteiger partial charge in [0.2, 0.25) is 5.91 Å². The first-order chi connectivity index (χ1) is 13.4. The van der Waals surface area contributed by atoms with Crippen LogP contribution in [-0.2, 0) is 16.1 Å². The molecule has 0 atom stereocenters. The molecule has 4 amide bonds. The summed E-state index contributed by atoms with van der Waals surface area (Å²) in [5.74, 6) is -0.763. The number of ether oxygens (including phenoxy) is 1. The number of benzene rings is 2. The Labute approximate surface area is 161 Å². The Morgan fingerprint density at radius 2 is 1.64 bits per heavy atom. The minimum atomic E-state index is -0.519. The number of halogens is 1. The van der Waals surface area contributed by atoms with Gasteiger partial charge in [-0.1, -0.05) is 12.1 Å². The van der Waals surface area contributed by atoms with Gasteiger partial charge < -0.3 is 20.7 Å². The van der Waals surface area contributed by atoms with Crippen LogP contribution in [-0.4, -0.2) is 38.7 Å². The van der Waals surface area contributed by atoms with Crippen LogP contribution in [0.2, 0.25) is 0 Å². The van der Waals surface area contributed by atoms with E-state index in [2.05, 4.69) is 20.7 Å². The fraction of sp³-hybridized carbons (Fsp3) is 0.211. The fourth-order valence-corrected chi connectivity index (χ4v) is 2.22. The third-order valence-corrected chi connectivity index (χ3v) is 3.76. The van der Waals surface area contributed by atoms with Gasteiger partial charge in [0.15, 0.2) is 0 Å². The summed E-state index contributed by atoms with van der Waals surface area (Å²) in [6.45, 7) is -0.0119. The second-order valence-corrected chi connectivity index (χ2v) is 5.79. The third-order valence-electron chi connectivity index (χ3n) is 3.76. The number of anilines is 2. The van der Waals surface area contributed by atoms with Gasteiger partial charge in [0.1, 0.15) is 5.82 Å². The van der Waals surface area contributed by atoms with Gasteiger partial charge in [-0.2, -0.15) is 0 Å². The van der Waals surface area contributed by atoms with Crippen molar-refractivity contribution in [1.82, 2.24) is 10.6 Å². The maximum absolute atomic E-state index is 12.8. The Balaban J connectivity index is 1.75. The zero-order chi connectivity index (χ0) is 20.5. The lowest BCUT2D eigenvalue weighted by atomic mass is 10.2. The van der Waals surface area contributed by atoms with Gasteiger partial charge in [0.05, 0.1) is 13.7 Å². The Bertz CT molecular complexity index is 825. The Hall–Kier alpha value is -3.62. The molecule has 0 aliphatic carbocycles. The van der Waals surface area contributed by atoms with Crippen molar-refractivity contribution in [2.24, 2.45) is 0 Å². The van der Waals surface area contributed by atoms with E-state index in [0.29, 0.717) is 11.4 Å². The molecule has 28 heavy (non-hydrogen) atoms. The number of nitrogens with one attached hydrogen (secondary N) is 3. The average Bonchev–Trinajstić information content (AvgIpc) is 2.71. The lowest BCUT2D eigenvalue weighted by Crippen LogP contribution is -2.39. The first-order valence-corrected chi connectivity index (χ1v) is 8.37. The van der Waals surface area contributed by atoms with Crippen LogP contribution in [0.1, 0.15) is 5.56 Å². The van der Waals surface area contributed by atoms with Gasteiger partial charge >= 0.3 is 12.1 Å². The molecule has 0 aliphatic rings. The van der Waals surface area contributed by atoms with E-state index >= 15 is 0 Å². The number of hydrogen-bond acceptors (Lipinski definition) is 4. The smallest absolute Gasteiger partial charge is 0.413 e. The quantitative estimate of drug-likeness (QED) is 0.708. The Morgan fingerprint density at radius 1 is 1.00 bits per heavy atom. The predicted octanol–water partition coefficient (Wildman–Crippen LogP) is 2.47. The molecule has 0 aliphatic heterocycles. The van der Waals surface area contributed by atoms with E-state index in [-0.39, 0.29) is 18.9 Å². The largest absolute Gasteiger partial charge is 0.452 e. The minimum Gasteiger partial charge on any atom is -0.452 e. The average molecular weight is 388 g/mol. The van der Waals surface area contributed by atoms with Crippen molar-refractivity contribution in [1.29, 1.82) is 0 Å². The molecule has 8 nitrogen and oxygen atoms in total. The lowest BCUT2D eigenvalue weighted by Gasteiger charge is -2.16. The summed E-state index contributed by atoms with van der Waals surface area (Å²) in [7, 11) is 2.85. The molecule has 0 saturated heterocycles. The molecule has 0 spiro atoms. The number of carbonyl (C=O) groups excluding carboxylic acids is 3. The second kappa shape index (κ2) is 9.91. The number of nitrogens with zero attached hydrogens (tertiary/aromatic N) is 1. The van der Waals surface area contributed by atoms with Crippen molar-refractivity contribution >= 4 is 29.4 Å². The zero-order valence-corrected chi connectivity index (χ0v) is 15.5. The molecule has 9 heteroatoms. The van der Waals surface area contributed by atoms with Gasteiger partial charge in [0, 0.05) is 25.0 Å². The molecular weight excluding hydrogens is 367 g/mol. The van der Waals surface area contributed by atoms with Crippen molar-refractivity contribution in [2.75, 3.05) is 30.9 Å². The molecule has 0 aromatic heterocycles. The highest BCUT2D eigenvalue weighted by Crippen LogP contribution is 2.17. The molecule has 3 N–H and O–H groups in total. The summed E-state index contributed by atoms with van der Waals surface area (Å²) in [4.78, 5) is 36.4. The molecular formula is C19H21FN4O4. The second-order valence-electron chi connectivity index (χ2n) is 5.79. The van der Waals surface area contributed by atoms with Crippen molar-refractivity contribution in [3.05, 3.63) is 59.9 Å². The number of rotatable bonds is 6. The summed E-state index contributed by atoms with van der Waals surface area (Å²) >= 11 is 0. The lowest BCUT2D eigenvalue weighted by molar-refractivity contribution is -0.115. The van der Waals surface area contributed by atoms with Gasteiger partial charge in [-0.3, -0.25) is 9.69 Å². The summed E-state index contributed by atoms with van der Waals surface area (Å²) < 4.78 is 17.4. The minimum absolute atomic E-state index is 0.211. The number of amides is 4. The third kappa shape index (κ3) is 6.27. The molecule has 0 saturated carbocycles. The standard InChI is InChI=1S/C19H21FN4O4/c1-24(19(27)28-2)16-9-7-15(8-10-16)23-17(25)12-22-18(26)21-11-13-3-5-14(20)6-4-13/h3-10H,11-12H2,1-2H3,(H,23,25)(H2,21,22,26). The first-order valence-electron chi connectivity index (χ1n) is 8.37. The maximum atomic E-state index is 12.8. The van der Waals surface area contributed by atoms with Crippen LogP contribution in [0, 0.1) is 5.82 Å². The summed E-state index contributed by atoms with van der Waals surface area (Å²) in [5, 5.41) is 7.63. The molecule has 0 heterocycles. The first kappa shape index (κ1) is 20.7. The van der Waals surface area contributed by atoms with E-state index in [4.69, 9.17) is 0 Å². The number of urea groups is 1. The highest BCUT2D eigenvalue weighted by molar-refractivity contribution is 5.94. The molecule has 2 rings (SSSR count). The van der Waals surface area contributed by atoms with Crippen molar-refractivity contribution in [2.45, 2.75) is 6.54 Å². The monoisotopic (exact) mass is 388 g/mol. The molecule has 0 fully saturated rings. The normalized spacial score (nSPS) is 9.96. The highest BCUT2D eigenvalue weighted by atomic mass is 19.1. The Kier molecular flexibility index (Phi) is 7.32. The number of carbonyl (C=O) groups is 3. The van der Waals surface area contributed by atoms with Crippen LogP contribution in [0.5, 0.6) is 0 Å². The molecule has 0 unspecified atom stereocenters. The van der Waals surface area contributed by atoms with Gasteiger partial charge in [0.25, 0.3) is 0 Å². The van der Waals surface area contributed by atoms with Crippen LogP contribution >= 0.6 is 0 Å². The van der Waals surface area contributed by atoms with Crippen LogP contribution in [0.3, 0.4) is 0 Å². The van der Waals surface area contributed by atoms with E-state index < -0.39 is 18.0 Å². The van der Waals surface area contributed by atoms with E-state index in [1.807, 2.05) is 0 Å². The van der Waals surface area contributed by atoms with Crippen molar-refractivity contribution < 1.29 is 23.5 Å². The maximum Gasteiger partial charge on any atom is 0.413 e. The molecule has 2 aromatic rings. The molecule has 0 bridgehead atoms. The molecule has 0 radical (unpaired) electrons. The molecule has 2 aromatic carbocycles. The van der Waals surface area contributed by atoms with Crippen LogP contribution in [0.15, 0.2) is 48.5 Å². The number of hydrogen-bond donors (Lipinski definition) is 3.